The van der Waals surface area contributed by atoms with Gasteiger partial charge in [-0.1, -0.05) is 28.1 Å². The molecule has 9 rings (SSSR count). The fourth-order valence-electron chi connectivity index (χ4n) is 11.0. The predicted molar refractivity (Wildman–Crippen MR) is 121 cm³/mol. The monoisotopic (exact) mass is 468 g/mol. The molecule has 0 saturated heterocycles. The Bertz CT molecular complexity index is 889. The van der Waals surface area contributed by atoms with E-state index in [4.69, 9.17) is 0 Å². The van der Waals surface area contributed by atoms with E-state index in [0.717, 1.165) is 23.7 Å². The molecule has 1 aromatic carbocycles. The molecular weight excluding hydrogens is 436 g/mol. The predicted octanol–water partition coefficient (Wildman–Crippen LogP) is 6.96. The van der Waals surface area contributed by atoms with Gasteiger partial charge in [-0.15, -0.1) is 0 Å². The van der Waals surface area contributed by atoms with Crippen molar-refractivity contribution in [1.82, 2.24) is 0 Å². The number of benzene rings is 1. The van der Waals surface area contributed by atoms with Gasteiger partial charge in [0.05, 0.1) is 5.56 Å². The molecule has 1 N–H and O–H groups in total. The molecule has 30 heavy (non-hydrogen) atoms. The third-order valence-corrected chi connectivity index (χ3v) is 11.8. The second kappa shape index (κ2) is 5.74. The lowest BCUT2D eigenvalue weighted by Crippen LogP contribution is -2.65. The summed E-state index contributed by atoms with van der Waals surface area (Å²) >= 11 is 4.30. The lowest BCUT2D eigenvalue weighted by molar-refractivity contribution is -0.200. The van der Waals surface area contributed by atoms with Crippen LogP contribution in [0.25, 0.3) is 0 Å². The van der Waals surface area contributed by atoms with Crippen LogP contribution in [-0.2, 0) is 5.41 Å². The van der Waals surface area contributed by atoms with Crippen molar-refractivity contribution in [2.75, 3.05) is 0 Å². The van der Waals surface area contributed by atoms with Crippen LogP contribution in [0.3, 0.4) is 0 Å². The zero-order valence-electron chi connectivity index (χ0n) is 17.8. The number of carboxylic acids is 1. The second-order valence-corrected chi connectivity index (χ2v) is 14.5. The second-order valence-electron chi connectivity index (χ2n) is 12.8. The minimum absolute atomic E-state index is 0.309. The van der Waals surface area contributed by atoms with Gasteiger partial charge in [-0.3, -0.25) is 0 Å². The molecule has 8 aliphatic rings. The standard InChI is InChI=1S/C27H33BrO2/c28-27-13-19-6-20(14-27)12-26(11-19,16-27)25-9-17-5-18(10-25)8-24(7-17,15-25)22-3-1-21(2-4-22)23(29)30/h1-4,17-20H,5-16H2,(H,29,30). The van der Waals surface area contributed by atoms with Crippen LogP contribution in [0.1, 0.15) is 93.0 Å². The molecule has 3 heteroatoms. The molecule has 0 aromatic heterocycles. The highest BCUT2D eigenvalue weighted by molar-refractivity contribution is 9.10. The molecule has 8 fully saturated rings. The van der Waals surface area contributed by atoms with Crippen molar-refractivity contribution in [1.29, 1.82) is 0 Å². The molecule has 8 saturated carbocycles. The van der Waals surface area contributed by atoms with E-state index in [0.29, 0.717) is 26.1 Å². The van der Waals surface area contributed by atoms with Crippen LogP contribution in [0.2, 0.25) is 0 Å². The molecule has 8 bridgehead atoms. The summed E-state index contributed by atoms with van der Waals surface area (Å²) in [4.78, 5) is 11.4. The first kappa shape index (κ1) is 18.7. The Morgan fingerprint density at radius 1 is 0.767 bits per heavy atom. The van der Waals surface area contributed by atoms with Crippen molar-refractivity contribution < 1.29 is 9.90 Å². The van der Waals surface area contributed by atoms with E-state index in [-0.39, 0.29) is 0 Å². The highest BCUT2D eigenvalue weighted by Crippen LogP contribution is 2.78. The summed E-state index contributed by atoms with van der Waals surface area (Å²) < 4.78 is 0.441. The van der Waals surface area contributed by atoms with E-state index in [9.17, 15) is 9.90 Å². The van der Waals surface area contributed by atoms with Crippen molar-refractivity contribution in [3.05, 3.63) is 35.4 Å². The first-order chi connectivity index (χ1) is 14.3. The number of aromatic carboxylic acids is 1. The van der Waals surface area contributed by atoms with Gasteiger partial charge in [0.25, 0.3) is 0 Å². The van der Waals surface area contributed by atoms with Crippen LogP contribution in [-0.4, -0.2) is 15.4 Å². The van der Waals surface area contributed by atoms with Crippen molar-refractivity contribution in [3.63, 3.8) is 0 Å². The van der Waals surface area contributed by atoms with Crippen LogP contribution >= 0.6 is 15.9 Å². The summed E-state index contributed by atoms with van der Waals surface area (Å²) in [5, 5.41) is 9.37. The summed E-state index contributed by atoms with van der Waals surface area (Å²) in [6.07, 6.45) is 17.3. The SMILES string of the molecule is O=C(O)c1ccc(C23CC4CC(C2)CC(C25CC6CC(CC(Br)(C6)C2)C5)(C4)C3)cc1. The van der Waals surface area contributed by atoms with E-state index in [1.165, 1.54) is 82.6 Å². The normalized spacial score (nSPS) is 52.7. The minimum atomic E-state index is -0.806. The zero-order valence-corrected chi connectivity index (χ0v) is 19.4. The Hall–Kier alpha value is -0.830. The van der Waals surface area contributed by atoms with Crippen molar-refractivity contribution >= 4 is 21.9 Å². The fraction of sp³-hybridized carbons (Fsp3) is 0.741. The number of rotatable bonds is 3. The molecule has 0 spiro atoms. The van der Waals surface area contributed by atoms with Gasteiger partial charge in [0.2, 0.25) is 0 Å². The topological polar surface area (TPSA) is 37.3 Å². The number of alkyl halides is 1. The van der Waals surface area contributed by atoms with Crippen molar-refractivity contribution in [2.45, 2.75) is 86.8 Å². The molecule has 4 unspecified atom stereocenters. The van der Waals surface area contributed by atoms with E-state index in [1.807, 2.05) is 12.1 Å². The minimum Gasteiger partial charge on any atom is -0.478 e. The average Bonchev–Trinajstić information content (AvgIpc) is 2.65. The number of halogens is 1. The number of carboxylic acid groups (broad SMARTS) is 1. The third kappa shape index (κ3) is 2.39. The molecule has 0 amide bonds. The van der Waals surface area contributed by atoms with Gasteiger partial charge in [-0.05, 0) is 135 Å². The Morgan fingerprint density at radius 2 is 1.27 bits per heavy atom. The smallest absolute Gasteiger partial charge is 0.335 e. The van der Waals surface area contributed by atoms with Crippen LogP contribution < -0.4 is 0 Å². The molecule has 2 nitrogen and oxygen atoms in total. The average molecular weight is 469 g/mol. The number of carbonyl (C=O) groups is 1. The van der Waals surface area contributed by atoms with Gasteiger partial charge in [-0.25, -0.2) is 4.79 Å². The van der Waals surface area contributed by atoms with Crippen LogP contribution in [0, 0.1) is 34.5 Å². The van der Waals surface area contributed by atoms with Gasteiger partial charge >= 0.3 is 5.97 Å². The summed E-state index contributed by atoms with van der Waals surface area (Å²) in [6, 6.07) is 8.08. The maximum Gasteiger partial charge on any atom is 0.335 e. The molecule has 0 aliphatic heterocycles. The van der Waals surface area contributed by atoms with E-state index < -0.39 is 5.97 Å². The third-order valence-electron chi connectivity index (χ3n) is 10.9. The largest absolute Gasteiger partial charge is 0.478 e. The lowest BCUT2D eigenvalue weighted by Gasteiger charge is -2.73. The highest BCUT2D eigenvalue weighted by Gasteiger charge is 2.69. The Kier molecular flexibility index (Phi) is 3.58. The van der Waals surface area contributed by atoms with E-state index in [2.05, 4.69) is 28.1 Å². The Morgan fingerprint density at radius 3 is 1.77 bits per heavy atom. The summed E-state index contributed by atoms with van der Waals surface area (Å²) in [6.45, 7) is 0. The van der Waals surface area contributed by atoms with Crippen molar-refractivity contribution in [2.24, 2.45) is 34.5 Å². The zero-order chi connectivity index (χ0) is 20.4. The van der Waals surface area contributed by atoms with Crippen LogP contribution in [0.4, 0.5) is 0 Å². The summed E-state index contributed by atoms with van der Waals surface area (Å²) in [5.41, 5.74) is 3.30. The van der Waals surface area contributed by atoms with E-state index >= 15 is 0 Å². The quantitative estimate of drug-likeness (QED) is 0.486. The van der Waals surface area contributed by atoms with Crippen molar-refractivity contribution in [3.8, 4) is 0 Å². The Labute approximate surface area is 188 Å². The molecular formula is C27H33BrO2. The first-order valence-electron chi connectivity index (χ1n) is 12.3. The van der Waals surface area contributed by atoms with E-state index in [1.54, 1.807) is 0 Å². The number of hydrogen-bond donors (Lipinski definition) is 1. The molecule has 4 atom stereocenters. The molecule has 0 heterocycles. The molecule has 1 aromatic rings. The molecule has 160 valence electrons. The van der Waals surface area contributed by atoms with Gasteiger partial charge in [0.15, 0.2) is 0 Å². The fourth-order valence-corrected chi connectivity index (χ4v) is 12.4. The molecule has 0 radical (unpaired) electrons. The maximum atomic E-state index is 11.4. The van der Waals surface area contributed by atoms with Gasteiger partial charge in [-0.2, -0.15) is 0 Å². The summed E-state index contributed by atoms with van der Waals surface area (Å²) in [5.74, 6) is 2.91. The van der Waals surface area contributed by atoms with Crippen LogP contribution in [0.15, 0.2) is 24.3 Å². The summed E-state index contributed by atoms with van der Waals surface area (Å²) in [7, 11) is 0. The van der Waals surface area contributed by atoms with Gasteiger partial charge < -0.3 is 5.11 Å². The highest BCUT2D eigenvalue weighted by atomic mass is 79.9. The Balaban J connectivity index is 1.31. The maximum absolute atomic E-state index is 11.4. The van der Waals surface area contributed by atoms with Gasteiger partial charge in [0.1, 0.15) is 0 Å². The van der Waals surface area contributed by atoms with Crippen LogP contribution in [0.5, 0.6) is 0 Å². The number of hydrogen-bond acceptors (Lipinski definition) is 1. The molecule has 8 aliphatic carbocycles. The first-order valence-corrected chi connectivity index (χ1v) is 13.1. The van der Waals surface area contributed by atoms with Gasteiger partial charge in [0, 0.05) is 4.32 Å². The lowest BCUT2D eigenvalue weighted by atomic mass is 9.32.